The standard InChI is InChI=1S/C12H15ClFNO3/c1-18-7-8(16)5-6-15-12(17)9-3-2-4-10(13)11(9)14/h2-4,8,16H,5-7H2,1H3,(H,15,17). The molecule has 6 heteroatoms. The van der Waals surface area contributed by atoms with Crippen molar-refractivity contribution < 1.29 is 19.0 Å². The SMILES string of the molecule is COCC(O)CCNC(=O)c1cccc(Cl)c1F. The zero-order chi connectivity index (χ0) is 13.5. The summed E-state index contributed by atoms with van der Waals surface area (Å²) in [6, 6.07) is 4.22. The summed E-state index contributed by atoms with van der Waals surface area (Å²) in [6.07, 6.45) is -0.318. The molecule has 0 aliphatic heterocycles. The van der Waals surface area contributed by atoms with Crippen LogP contribution in [0, 0.1) is 5.82 Å². The number of hydrogen-bond donors (Lipinski definition) is 2. The molecule has 0 saturated carbocycles. The monoisotopic (exact) mass is 275 g/mol. The van der Waals surface area contributed by atoms with E-state index in [1.807, 2.05) is 0 Å². The van der Waals surface area contributed by atoms with Gasteiger partial charge in [-0.2, -0.15) is 0 Å². The van der Waals surface area contributed by atoms with Gasteiger partial charge in [0.2, 0.25) is 0 Å². The van der Waals surface area contributed by atoms with Crippen molar-refractivity contribution in [1.82, 2.24) is 5.32 Å². The molecule has 2 N–H and O–H groups in total. The van der Waals surface area contributed by atoms with Crippen molar-refractivity contribution in [2.75, 3.05) is 20.3 Å². The first kappa shape index (κ1) is 14.9. The number of nitrogens with one attached hydrogen (secondary N) is 1. The maximum absolute atomic E-state index is 13.5. The van der Waals surface area contributed by atoms with E-state index in [2.05, 4.69) is 5.32 Å². The molecule has 4 nitrogen and oxygen atoms in total. The first-order chi connectivity index (χ1) is 8.56. The molecule has 1 unspecified atom stereocenters. The van der Waals surface area contributed by atoms with Gasteiger partial charge in [0, 0.05) is 13.7 Å². The van der Waals surface area contributed by atoms with Gasteiger partial charge in [-0.3, -0.25) is 4.79 Å². The highest BCUT2D eigenvalue weighted by atomic mass is 35.5. The Morgan fingerprint density at radius 2 is 2.33 bits per heavy atom. The van der Waals surface area contributed by atoms with Crippen molar-refractivity contribution >= 4 is 17.5 Å². The molecule has 1 atom stereocenters. The van der Waals surface area contributed by atoms with Crippen molar-refractivity contribution in [2.24, 2.45) is 0 Å². The van der Waals surface area contributed by atoms with Crippen LogP contribution in [0.3, 0.4) is 0 Å². The minimum atomic E-state index is -0.742. The molecule has 0 fully saturated rings. The summed E-state index contributed by atoms with van der Waals surface area (Å²) in [4.78, 5) is 11.6. The van der Waals surface area contributed by atoms with Gasteiger partial charge in [-0.05, 0) is 18.6 Å². The second-order valence-corrected chi connectivity index (χ2v) is 4.16. The minimum absolute atomic E-state index is 0.0953. The summed E-state index contributed by atoms with van der Waals surface area (Å²) in [5.74, 6) is -1.30. The van der Waals surface area contributed by atoms with Crippen LogP contribution in [-0.4, -0.2) is 37.4 Å². The highest BCUT2D eigenvalue weighted by Crippen LogP contribution is 2.17. The number of halogens is 2. The van der Waals surface area contributed by atoms with E-state index in [4.69, 9.17) is 16.3 Å². The fraction of sp³-hybridized carbons (Fsp3) is 0.417. The van der Waals surface area contributed by atoms with Crippen LogP contribution in [0.25, 0.3) is 0 Å². The van der Waals surface area contributed by atoms with E-state index in [-0.39, 0.29) is 23.7 Å². The molecule has 1 aromatic rings. The van der Waals surface area contributed by atoms with E-state index in [0.717, 1.165) is 0 Å². The Morgan fingerprint density at radius 3 is 3.00 bits per heavy atom. The predicted molar refractivity (Wildman–Crippen MR) is 66.2 cm³/mol. The first-order valence-electron chi connectivity index (χ1n) is 5.45. The number of rotatable bonds is 6. The summed E-state index contributed by atoms with van der Waals surface area (Å²) >= 11 is 5.57. The molecule has 1 aromatic carbocycles. The molecular formula is C12H15ClFNO3. The van der Waals surface area contributed by atoms with E-state index in [1.54, 1.807) is 0 Å². The third-order valence-corrected chi connectivity index (χ3v) is 2.61. The van der Waals surface area contributed by atoms with Crippen LogP contribution in [-0.2, 0) is 4.74 Å². The smallest absolute Gasteiger partial charge is 0.254 e. The summed E-state index contributed by atoms with van der Waals surface area (Å²) in [5.41, 5.74) is -0.108. The number of amides is 1. The molecule has 0 heterocycles. The van der Waals surface area contributed by atoms with Gasteiger partial charge < -0.3 is 15.2 Å². The van der Waals surface area contributed by atoms with Crippen LogP contribution in [0.15, 0.2) is 18.2 Å². The Balaban J connectivity index is 2.48. The lowest BCUT2D eigenvalue weighted by molar-refractivity contribution is 0.0587. The third kappa shape index (κ3) is 4.25. The molecule has 0 aliphatic rings. The van der Waals surface area contributed by atoms with Crippen LogP contribution in [0.1, 0.15) is 16.8 Å². The fourth-order valence-electron chi connectivity index (χ4n) is 1.40. The van der Waals surface area contributed by atoms with Gasteiger partial charge in [0.25, 0.3) is 5.91 Å². The van der Waals surface area contributed by atoms with Gasteiger partial charge in [0.1, 0.15) is 0 Å². The van der Waals surface area contributed by atoms with Gasteiger partial charge in [-0.1, -0.05) is 17.7 Å². The summed E-state index contributed by atoms with van der Waals surface area (Å²) in [7, 11) is 1.48. The maximum atomic E-state index is 13.5. The molecule has 0 bridgehead atoms. The number of methoxy groups -OCH3 is 1. The Kier molecular flexibility index (Phi) is 6.04. The summed E-state index contributed by atoms with van der Waals surface area (Å²) in [5, 5.41) is 11.8. The number of aliphatic hydroxyl groups excluding tert-OH is 1. The number of carbonyl (C=O) groups is 1. The molecular weight excluding hydrogens is 261 g/mol. The third-order valence-electron chi connectivity index (χ3n) is 2.32. The molecule has 0 radical (unpaired) electrons. The van der Waals surface area contributed by atoms with Crippen LogP contribution in [0.4, 0.5) is 4.39 Å². The van der Waals surface area contributed by atoms with Crippen molar-refractivity contribution in [3.05, 3.63) is 34.6 Å². The lowest BCUT2D eigenvalue weighted by Gasteiger charge is -2.10. The molecule has 1 amide bonds. The molecule has 0 aliphatic carbocycles. The molecule has 0 aromatic heterocycles. The highest BCUT2D eigenvalue weighted by Gasteiger charge is 2.14. The quantitative estimate of drug-likeness (QED) is 0.829. The van der Waals surface area contributed by atoms with E-state index >= 15 is 0 Å². The Morgan fingerprint density at radius 1 is 1.61 bits per heavy atom. The molecule has 0 saturated heterocycles. The Hall–Kier alpha value is -1.17. The average molecular weight is 276 g/mol. The predicted octanol–water partition coefficient (Wildman–Crippen LogP) is 1.61. The highest BCUT2D eigenvalue weighted by molar-refractivity contribution is 6.31. The zero-order valence-corrected chi connectivity index (χ0v) is 10.7. The largest absolute Gasteiger partial charge is 0.391 e. The van der Waals surface area contributed by atoms with Crippen LogP contribution >= 0.6 is 11.6 Å². The Bertz CT molecular complexity index is 414. The van der Waals surface area contributed by atoms with Crippen molar-refractivity contribution in [3.8, 4) is 0 Å². The van der Waals surface area contributed by atoms with Gasteiger partial charge in [0.15, 0.2) is 5.82 Å². The number of hydrogen-bond acceptors (Lipinski definition) is 3. The number of ether oxygens (including phenoxy) is 1. The Labute approximate surface area is 110 Å². The van der Waals surface area contributed by atoms with Crippen molar-refractivity contribution in [2.45, 2.75) is 12.5 Å². The average Bonchev–Trinajstić information content (AvgIpc) is 2.33. The molecule has 18 heavy (non-hydrogen) atoms. The van der Waals surface area contributed by atoms with E-state index in [0.29, 0.717) is 6.42 Å². The van der Waals surface area contributed by atoms with Crippen LogP contribution < -0.4 is 5.32 Å². The van der Waals surface area contributed by atoms with Gasteiger partial charge in [0.05, 0.1) is 23.3 Å². The number of benzene rings is 1. The normalized spacial score (nSPS) is 12.2. The minimum Gasteiger partial charge on any atom is -0.391 e. The lowest BCUT2D eigenvalue weighted by Crippen LogP contribution is -2.29. The zero-order valence-electron chi connectivity index (χ0n) is 9.95. The van der Waals surface area contributed by atoms with Crippen molar-refractivity contribution in [1.29, 1.82) is 0 Å². The van der Waals surface area contributed by atoms with E-state index in [9.17, 15) is 14.3 Å². The summed E-state index contributed by atoms with van der Waals surface area (Å²) in [6.45, 7) is 0.427. The van der Waals surface area contributed by atoms with E-state index in [1.165, 1.54) is 25.3 Å². The second kappa shape index (κ2) is 7.31. The van der Waals surface area contributed by atoms with Gasteiger partial charge in [-0.25, -0.2) is 4.39 Å². The number of aliphatic hydroxyl groups is 1. The molecule has 1 rings (SSSR count). The van der Waals surface area contributed by atoms with Crippen molar-refractivity contribution in [3.63, 3.8) is 0 Å². The molecule has 100 valence electrons. The summed E-state index contributed by atoms with van der Waals surface area (Å²) < 4.78 is 18.2. The second-order valence-electron chi connectivity index (χ2n) is 3.76. The van der Waals surface area contributed by atoms with Gasteiger partial charge in [-0.15, -0.1) is 0 Å². The van der Waals surface area contributed by atoms with E-state index < -0.39 is 17.8 Å². The van der Waals surface area contributed by atoms with Crippen LogP contribution in [0.2, 0.25) is 5.02 Å². The lowest BCUT2D eigenvalue weighted by atomic mass is 10.2. The van der Waals surface area contributed by atoms with Crippen LogP contribution in [0.5, 0.6) is 0 Å². The fourth-order valence-corrected chi connectivity index (χ4v) is 1.58. The first-order valence-corrected chi connectivity index (χ1v) is 5.83. The van der Waals surface area contributed by atoms with Gasteiger partial charge >= 0.3 is 0 Å². The molecule has 0 spiro atoms. The number of carbonyl (C=O) groups excluding carboxylic acids is 1. The topological polar surface area (TPSA) is 58.6 Å². The maximum Gasteiger partial charge on any atom is 0.254 e.